The van der Waals surface area contributed by atoms with Crippen LogP contribution >= 0.6 is 34.7 Å². The van der Waals surface area contributed by atoms with Crippen LogP contribution in [0.25, 0.3) is 10.8 Å². The first-order chi connectivity index (χ1) is 9.76. The van der Waals surface area contributed by atoms with Gasteiger partial charge >= 0.3 is 0 Å². The van der Waals surface area contributed by atoms with Crippen molar-refractivity contribution in [3.63, 3.8) is 0 Å². The summed E-state index contributed by atoms with van der Waals surface area (Å²) in [5, 5.41) is 12.3. The number of thiophene rings is 1. The summed E-state index contributed by atoms with van der Waals surface area (Å²) in [6, 6.07) is 13.2. The predicted octanol–water partition coefficient (Wildman–Crippen LogP) is 5.08. The molecule has 0 amide bonds. The molecule has 0 aliphatic rings. The minimum absolute atomic E-state index is 0.299. The van der Waals surface area contributed by atoms with E-state index in [-0.39, 0.29) is 0 Å². The lowest BCUT2D eigenvalue weighted by atomic mass is 10.4. The van der Waals surface area contributed by atoms with Gasteiger partial charge < -0.3 is 4.42 Å². The maximum atomic E-state index is 9.15. The zero-order valence-corrected chi connectivity index (χ0v) is 12.4. The molecule has 0 saturated carbocycles. The van der Waals surface area contributed by atoms with E-state index in [0.29, 0.717) is 21.7 Å². The molecule has 0 aliphatic heterocycles. The number of hydrogen-bond acceptors (Lipinski definition) is 5. The monoisotopic (exact) mass is 318 g/mol. The summed E-state index contributed by atoms with van der Waals surface area (Å²) in [5.41, 5.74) is 0.299. The van der Waals surface area contributed by atoms with Gasteiger partial charge in [0.2, 0.25) is 11.0 Å². The second kappa shape index (κ2) is 5.71. The van der Waals surface area contributed by atoms with Crippen LogP contribution in [0.2, 0.25) is 5.02 Å². The van der Waals surface area contributed by atoms with Gasteiger partial charge in [-0.15, -0.1) is 11.3 Å². The summed E-state index contributed by atoms with van der Waals surface area (Å²) >= 11 is 8.73. The molecule has 98 valence electrons. The third-order valence-electron chi connectivity index (χ3n) is 2.46. The molecule has 3 rings (SSSR count). The lowest BCUT2D eigenvalue weighted by Crippen LogP contribution is -1.77. The molecule has 3 aromatic rings. The van der Waals surface area contributed by atoms with Crippen LogP contribution in [0.1, 0.15) is 5.69 Å². The molecule has 0 bridgehead atoms. The van der Waals surface area contributed by atoms with Gasteiger partial charge in [0.15, 0.2) is 5.69 Å². The standard InChI is InChI=1S/C14H7ClN2OS2/c15-9-3-5-10(6-4-9)20-14-11(8-16)17-13(18-14)12-2-1-7-19-12/h1-7H. The average molecular weight is 319 g/mol. The number of aromatic nitrogens is 1. The van der Waals surface area contributed by atoms with Gasteiger partial charge in [-0.25, -0.2) is 0 Å². The molecule has 0 aliphatic carbocycles. The fraction of sp³-hybridized carbons (Fsp3) is 0. The third-order valence-corrected chi connectivity index (χ3v) is 4.54. The molecule has 0 fully saturated rings. The Balaban J connectivity index is 1.93. The van der Waals surface area contributed by atoms with Crippen molar-refractivity contribution in [1.82, 2.24) is 4.98 Å². The fourth-order valence-corrected chi connectivity index (χ4v) is 3.13. The van der Waals surface area contributed by atoms with E-state index in [9.17, 15) is 0 Å². The van der Waals surface area contributed by atoms with Crippen LogP contribution < -0.4 is 0 Å². The first kappa shape index (κ1) is 13.3. The Labute approximate surface area is 128 Å². The summed E-state index contributed by atoms with van der Waals surface area (Å²) < 4.78 is 5.69. The second-order valence-electron chi connectivity index (χ2n) is 3.80. The maximum absolute atomic E-state index is 9.15. The molecule has 0 saturated heterocycles. The van der Waals surface area contributed by atoms with Crippen molar-refractivity contribution in [3.8, 4) is 16.8 Å². The van der Waals surface area contributed by atoms with Gasteiger partial charge in [-0.3, -0.25) is 0 Å². The Hall–Kier alpha value is -1.74. The molecule has 0 radical (unpaired) electrons. The summed E-state index contributed by atoms with van der Waals surface area (Å²) in [5.74, 6) is 0.480. The van der Waals surface area contributed by atoms with E-state index in [4.69, 9.17) is 21.3 Å². The molecule has 2 aromatic heterocycles. The van der Waals surface area contributed by atoms with Crippen molar-refractivity contribution in [3.05, 3.63) is 52.5 Å². The zero-order valence-electron chi connectivity index (χ0n) is 10.0. The maximum Gasteiger partial charge on any atom is 0.238 e. The highest BCUT2D eigenvalue weighted by Gasteiger charge is 2.16. The number of benzene rings is 1. The molecule has 1 aromatic carbocycles. The van der Waals surface area contributed by atoms with E-state index in [0.717, 1.165) is 9.77 Å². The third kappa shape index (κ3) is 2.73. The van der Waals surface area contributed by atoms with Crippen molar-refractivity contribution in [1.29, 1.82) is 5.26 Å². The van der Waals surface area contributed by atoms with Crippen molar-refractivity contribution in [2.24, 2.45) is 0 Å². The first-order valence-electron chi connectivity index (χ1n) is 5.64. The number of oxazole rings is 1. The predicted molar refractivity (Wildman–Crippen MR) is 80.1 cm³/mol. The van der Waals surface area contributed by atoms with Gasteiger partial charge in [-0.2, -0.15) is 10.2 Å². The van der Waals surface area contributed by atoms with Crippen LogP contribution in [0.3, 0.4) is 0 Å². The number of halogens is 1. The second-order valence-corrected chi connectivity index (χ2v) is 6.23. The van der Waals surface area contributed by atoms with Crippen LogP contribution in [0.4, 0.5) is 0 Å². The Kier molecular flexibility index (Phi) is 3.79. The number of nitriles is 1. The van der Waals surface area contributed by atoms with Crippen LogP contribution in [0, 0.1) is 11.3 Å². The van der Waals surface area contributed by atoms with E-state index in [1.54, 1.807) is 12.1 Å². The number of nitrogens with zero attached hydrogens (tertiary/aromatic N) is 2. The SMILES string of the molecule is N#Cc1nc(-c2cccs2)oc1Sc1ccc(Cl)cc1. The van der Waals surface area contributed by atoms with Crippen molar-refractivity contribution >= 4 is 34.7 Å². The molecule has 20 heavy (non-hydrogen) atoms. The van der Waals surface area contributed by atoms with Crippen LogP contribution in [-0.4, -0.2) is 4.98 Å². The Morgan fingerprint density at radius 1 is 1.25 bits per heavy atom. The minimum atomic E-state index is 0.299. The van der Waals surface area contributed by atoms with Gasteiger partial charge in [-0.05, 0) is 47.5 Å². The van der Waals surface area contributed by atoms with Crippen LogP contribution in [0.15, 0.2) is 56.2 Å². The van der Waals surface area contributed by atoms with E-state index in [2.05, 4.69) is 11.1 Å². The molecular weight excluding hydrogens is 312 g/mol. The van der Waals surface area contributed by atoms with Gasteiger partial charge in [0.05, 0.1) is 4.88 Å². The molecule has 0 unspecified atom stereocenters. The minimum Gasteiger partial charge on any atom is -0.427 e. The molecule has 0 spiro atoms. The Bertz CT molecular complexity index is 758. The quantitative estimate of drug-likeness (QED) is 0.675. The van der Waals surface area contributed by atoms with Crippen LogP contribution in [0.5, 0.6) is 0 Å². The van der Waals surface area contributed by atoms with Crippen molar-refractivity contribution in [2.75, 3.05) is 0 Å². The summed E-state index contributed by atoms with van der Waals surface area (Å²) in [6.07, 6.45) is 0. The van der Waals surface area contributed by atoms with Gasteiger partial charge in [-0.1, -0.05) is 17.7 Å². The zero-order chi connectivity index (χ0) is 13.9. The highest BCUT2D eigenvalue weighted by atomic mass is 35.5. The average Bonchev–Trinajstić information content (AvgIpc) is 3.10. The lowest BCUT2D eigenvalue weighted by molar-refractivity contribution is 0.484. The molecule has 0 N–H and O–H groups in total. The van der Waals surface area contributed by atoms with Crippen molar-refractivity contribution in [2.45, 2.75) is 9.99 Å². The highest BCUT2D eigenvalue weighted by molar-refractivity contribution is 7.99. The van der Waals surface area contributed by atoms with E-state index >= 15 is 0 Å². The summed E-state index contributed by atoms with van der Waals surface area (Å²) in [6.45, 7) is 0. The van der Waals surface area contributed by atoms with E-state index in [1.165, 1.54) is 23.1 Å². The molecule has 6 heteroatoms. The van der Waals surface area contributed by atoms with E-state index in [1.807, 2.05) is 29.6 Å². The Morgan fingerprint density at radius 3 is 2.70 bits per heavy atom. The molecule has 3 nitrogen and oxygen atoms in total. The smallest absolute Gasteiger partial charge is 0.238 e. The van der Waals surface area contributed by atoms with Gasteiger partial charge in [0, 0.05) is 9.92 Å². The summed E-state index contributed by atoms with van der Waals surface area (Å²) in [4.78, 5) is 6.07. The lowest BCUT2D eigenvalue weighted by Gasteiger charge is -1.97. The van der Waals surface area contributed by atoms with Crippen LogP contribution in [-0.2, 0) is 0 Å². The first-order valence-corrected chi connectivity index (χ1v) is 7.72. The van der Waals surface area contributed by atoms with E-state index < -0.39 is 0 Å². The Morgan fingerprint density at radius 2 is 2.05 bits per heavy atom. The number of rotatable bonds is 3. The highest BCUT2D eigenvalue weighted by Crippen LogP contribution is 2.35. The van der Waals surface area contributed by atoms with Gasteiger partial charge in [0.1, 0.15) is 6.07 Å². The van der Waals surface area contributed by atoms with Gasteiger partial charge in [0.25, 0.3) is 0 Å². The molecule has 2 heterocycles. The largest absolute Gasteiger partial charge is 0.427 e. The molecule has 0 atom stereocenters. The number of hydrogen-bond donors (Lipinski definition) is 0. The van der Waals surface area contributed by atoms with Crippen molar-refractivity contribution < 1.29 is 4.42 Å². The topological polar surface area (TPSA) is 49.8 Å². The summed E-state index contributed by atoms with van der Waals surface area (Å²) in [7, 11) is 0. The molecular formula is C14H7ClN2OS2. The normalized spacial score (nSPS) is 10.4. The fourth-order valence-electron chi connectivity index (χ4n) is 1.56.